The lowest BCUT2D eigenvalue weighted by atomic mass is 10.1. The second-order valence-corrected chi connectivity index (χ2v) is 5.76. The van der Waals surface area contributed by atoms with E-state index in [1.807, 2.05) is 0 Å². The van der Waals surface area contributed by atoms with Gasteiger partial charge < -0.3 is 20.3 Å². The van der Waals surface area contributed by atoms with Crippen molar-refractivity contribution in [3.63, 3.8) is 0 Å². The van der Waals surface area contributed by atoms with Crippen LogP contribution in [0.3, 0.4) is 0 Å². The molecular weight excluding hydrogens is 364 g/mol. The van der Waals surface area contributed by atoms with Gasteiger partial charge in [-0.15, -0.1) is 0 Å². The van der Waals surface area contributed by atoms with Gasteiger partial charge in [-0.1, -0.05) is 12.1 Å². The number of carbonyl (C=O) groups excluding carboxylic acids is 2. The third kappa shape index (κ3) is 4.82. The summed E-state index contributed by atoms with van der Waals surface area (Å²) >= 11 is 0. The quantitative estimate of drug-likeness (QED) is 0.229. The molecule has 0 aliphatic heterocycles. The number of hydrogen-bond donors (Lipinski definition) is 3. The van der Waals surface area contributed by atoms with Crippen molar-refractivity contribution in [2.24, 2.45) is 5.73 Å². The molecule has 2 aromatic carbocycles. The number of aliphatic carboxylic acids is 1. The predicted octanol–water partition coefficient (Wildman–Crippen LogP) is 2.46. The molecular formula is C20H18N2O6. The molecule has 0 atom stereocenters. The molecule has 0 fully saturated rings. The molecule has 2 rings (SSSR count). The Hall–Kier alpha value is -3.94. The zero-order valence-corrected chi connectivity index (χ0v) is 15.2. The van der Waals surface area contributed by atoms with Gasteiger partial charge in [0.1, 0.15) is 17.1 Å². The first-order valence-corrected chi connectivity index (χ1v) is 8.03. The Bertz CT molecular complexity index is 977. The molecule has 0 heterocycles. The molecule has 0 aliphatic rings. The summed E-state index contributed by atoms with van der Waals surface area (Å²) in [6.07, 6.45) is 1.47. The van der Waals surface area contributed by atoms with Gasteiger partial charge in [0, 0.05) is 11.1 Å². The van der Waals surface area contributed by atoms with Crippen LogP contribution in [0.1, 0.15) is 38.8 Å². The minimum absolute atomic E-state index is 0.0347. The van der Waals surface area contributed by atoms with E-state index in [9.17, 15) is 14.4 Å². The zero-order chi connectivity index (χ0) is 20.8. The maximum absolute atomic E-state index is 12.4. The number of methoxy groups -OCH3 is 1. The highest BCUT2D eigenvalue weighted by molar-refractivity contribution is 6.01. The summed E-state index contributed by atoms with van der Waals surface area (Å²) in [4.78, 5) is 35.2. The maximum atomic E-state index is 12.4. The number of benzene rings is 2. The summed E-state index contributed by atoms with van der Waals surface area (Å²) in [5.41, 5.74) is 6.63. The molecule has 0 bridgehead atoms. The lowest BCUT2D eigenvalue weighted by Crippen LogP contribution is -2.15. The molecule has 0 aromatic heterocycles. The Morgan fingerprint density at radius 1 is 1.04 bits per heavy atom. The highest BCUT2D eigenvalue weighted by atomic mass is 16.5. The first-order chi connectivity index (χ1) is 13.2. The van der Waals surface area contributed by atoms with Crippen LogP contribution in [0.25, 0.3) is 6.08 Å². The topological polar surface area (TPSA) is 140 Å². The highest BCUT2D eigenvalue weighted by Gasteiger charge is 2.18. The number of esters is 2. The predicted molar refractivity (Wildman–Crippen MR) is 101 cm³/mol. The average Bonchev–Trinajstić information content (AvgIpc) is 2.67. The summed E-state index contributed by atoms with van der Waals surface area (Å²) in [6, 6.07) is 10.2. The summed E-state index contributed by atoms with van der Waals surface area (Å²) in [7, 11) is 1.18. The number of nitrogen functional groups attached to an aromatic ring is 1. The fourth-order valence-electron chi connectivity index (χ4n) is 2.24. The van der Waals surface area contributed by atoms with Crippen LogP contribution in [0.5, 0.6) is 5.75 Å². The number of carbonyl (C=O) groups is 3. The van der Waals surface area contributed by atoms with Crippen molar-refractivity contribution < 1.29 is 29.0 Å². The van der Waals surface area contributed by atoms with Crippen molar-refractivity contribution in [2.45, 2.75) is 6.92 Å². The Kier molecular flexibility index (Phi) is 6.28. The lowest BCUT2D eigenvalue weighted by molar-refractivity contribution is -0.132. The summed E-state index contributed by atoms with van der Waals surface area (Å²) in [5.74, 6) is -2.77. The van der Waals surface area contributed by atoms with Gasteiger partial charge in [-0.2, -0.15) is 0 Å². The van der Waals surface area contributed by atoms with Gasteiger partial charge in [-0.25, -0.2) is 14.4 Å². The Morgan fingerprint density at radius 3 is 2.18 bits per heavy atom. The van der Waals surface area contributed by atoms with Gasteiger partial charge in [-0.05, 0) is 48.9 Å². The van der Waals surface area contributed by atoms with Gasteiger partial charge in [-0.3, -0.25) is 5.41 Å². The van der Waals surface area contributed by atoms with E-state index in [2.05, 4.69) is 4.74 Å². The number of amidine groups is 1. The second-order valence-electron chi connectivity index (χ2n) is 5.76. The molecule has 144 valence electrons. The van der Waals surface area contributed by atoms with Gasteiger partial charge in [0.2, 0.25) is 0 Å². The van der Waals surface area contributed by atoms with Gasteiger partial charge in [0.15, 0.2) is 0 Å². The first kappa shape index (κ1) is 20.4. The fraction of sp³-hybridized carbons (Fsp3) is 0.100. The van der Waals surface area contributed by atoms with Crippen molar-refractivity contribution in [1.29, 1.82) is 5.41 Å². The van der Waals surface area contributed by atoms with E-state index in [4.69, 9.17) is 21.0 Å². The number of ether oxygens (including phenoxy) is 2. The van der Waals surface area contributed by atoms with Crippen LogP contribution >= 0.6 is 0 Å². The number of nitrogens with one attached hydrogen (secondary N) is 1. The van der Waals surface area contributed by atoms with Crippen molar-refractivity contribution in [3.8, 4) is 5.75 Å². The van der Waals surface area contributed by atoms with Gasteiger partial charge >= 0.3 is 17.9 Å². The van der Waals surface area contributed by atoms with E-state index >= 15 is 0 Å². The Balaban J connectivity index is 2.27. The van der Waals surface area contributed by atoms with Gasteiger partial charge in [0.05, 0.1) is 12.7 Å². The molecule has 4 N–H and O–H groups in total. The monoisotopic (exact) mass is 382 g/mol. The maximum Gasteiger partial charge on any atom is 0.343 e. The number of hydrogen-bond acceptors (Lipinski definition) is 6. The number of carboxylic acid groups (broad SMARTS) is 1. The molecule has 0 aliphatic carbocycles. The largest absolute Gasteiger partial charge is 0.478 e. The summed E-state index contributed by atoms with van der Waals surface area (Å²) in [6.45, 7) is 1.46. The number of rotatable bonds is 6. The van der Waals surface area contributed by atoms with Crippen molar-refractivity contribution in [1.82, 2.24) is 0 Å². The standard InChI is InChI=1S/C20H18N2O6/c1-11(18(23)24)9-12-3-5-13(6-4-12)19(25)28-16-8-7-14(17(21)22)10-15(16)20(26)27-2/h3-10H,1-2H3,(H3,21,22)(H,23,24). The minimum atomic E-state index is -1.03. The normalized spacial score (nSPS) is 10.9. The second kappa shape index (κ2) is 8.63. The molecule has 0 saturated heterocycles. The highest BCUT2D eigenvalue weighted by Crippen LogP contribution is 2.23. The van der Waals surface area contributed by atoms with Crippen molar-refractivity contribution >= 4 is 29.8 Å². The summed E-state index contributed by atoms with van der Waals surface area (Å²) < 4.78 is 9.96. The Morgan fingerprint density at radius 2 is 1.64 bits per heavy atom. The van der Waals surface area contributed by atoms with Crippen LogP contribution in [0, 0.1) is 5.41 Å². The molecule has 0 spiro atoms. The molecule has 0 radical (unpaired) electrons. The van der Waals surface area contributed by atoms with Crippen LogP contribution in [-0.4, -0.2) is 36.0 Å². The van der Waals surface area contributed by atoms with Crippen LogP contribution in [-0.2, 0) is 9.53 Å². The third-order valence-electron chi connectivity index (χ3n) is 3.77. The molecule has 0 saturated carbocycles. The zero-order valence-electron chi connectivity index (χ0n) is 15.2. The minimum Gasteiger partial charge on any atom is -0.478 e. The summed E-state index contributed by atoms with van der Waals surface area (Å²) in [5, 5.41) is 16.3. The van der Waals surface area contributed by atoms with E-state index in [0.717, 1.165) is 0 Å². The van der Waals surface area contributed by atoms with Crippen molar-refractivity contribution in [3.05, 3.63) is 70.3 Å². The van der Waals surface area contributed by atoms with E-state index in [1.54, 1.807) is 12.1 Å². The van der Waals surface area contributed by atoms with Crippen molar-refractivity contribution in [2.75, 3.05) is 7.11 Å². The molecule has 8 heteroatoms. The van der Waals surface area contributed by atoms with E-state index < -0.39 is 17.9 Å². The lowest BCUT2D eigenvalue weighted by Gasteiger charge is -2.10. The van der Waals surface area contributed by atoms with E-state index in [-0.39, 0.29) is 33.8 Å². The van der Waals surface area contributed by atoms with Crippen LogP contribution in [0.2, 0.25) is 0 Å². The molecule has 28 heavy (non-hydrogen) atoms. The van der Waals surface area contributed by atoms with E-state index in [0.29, 0.717) is 5.56 Å². The Labute approximate surface area is 160 Å². The van der Waals surface area contributed by atoms with Crippen LogP contribution < -0.4 is 10.5 Å². The van der Waals surface area contributed by atoms with Crippen LogP contribution in [0.15, 0.2) is 48.0 Å². The fourth-order valence-corrected chi connectivity index (χ4v) is 2.24. The molecule has 0 unspecified atom stereocenters. The van der Waals surface area contributed by atoms with Crippen LogP contribution in [0.4, 0.5) is 0 Å². The smallest absolute Gasteiger partial charge is 0.343 e. The number of carboxylic acids is 1. The molecule has 2 aromatic rings. The van der Waals surface area contributed by atoms with E-state index in [1.165, 1.54) is 50.4 Å². The average molecular weight is 382 g/mol. The number of nitrogens with two attached hydrogens (primary N) is 1. The molecule has 0 amide bonds. The third-order valence-corrected chi connectivity index (χ3v) is 3.77. The molecule has 8 nitrogen and oxygen atoms in total. The first-order valence-electron chi connectivity index (χ1n) is 8.03. The SMILES string of the molecule is COC(=O)c1cc(C(=N)N)ccc1OC(=O)c1ccc(C=C(C)C(=O)O)cc1. The van der Waals surface area contributed by atoms with Gasteiger partial charge in [0.25, 0.3) is 0 Å².